The fraction of sp³-hybridized carbons (Fsp3) is 0.0455. The van der Waals surface area contributed by atoms with Gasteiger partial charge in [0.2, 0.25) is 5.43 Å². The molecule has 0 unspecified atom stereocenters. The molecule has 0 aliphatic rings. The SMILES string of the molecule is Cc1cc(=O)c(C(=O)Nc2ccccc2-c2cccs2)nn1-c1ccc(Cl)cc1. The summed E-state index contributed by atoms with van der Waals surface area (Å²) >= 11 is 7.53. The Kier molecular flexibility index (Phi) is 5.29. The topological polar surface area (TPSA) is 64.0 Å². The van der Waals surface area contributed by atoms with E-state index in [2.05, 4.69) is 10.4 Å². The summed E-state index contributed by atoms with van der Waals surface area (Å²) in [6.07, 6.45) is 0. The molecule has 0 aliphatic heterocycles. The molecular weight excluding hydrogens is 406 g/mol. The Bertz CT molecular complexity index is 1230. The number of nitrogens with one attached hydrogen (secondary N) is 1. The van der Waals surface area contributed by atoms with Crippen LogP contribution in [-0.4, -0.2) is 15.7 Å². The van der Waals surface area contributed by atoms with Crippen LogP contribution in [0.4, 0.5) is 5.69 Å². The van der Waals surface area contributed by atoms with Crippen molar-refractivity contribution in [3.05, 3.63) is 98.7 Å². The maximum absolute atomic E-state index is 12.9. The Balaban J connectivity index is 1.71. The number of benzene rings is 2. The second-order valence-corrected chi connectivity index (χ2v) is 7.75. The van der Waals surface area contributed by atoms with E-state index in [9.17, 15) is 9.59 Å². The van der Waals surface area contributed by atoms with E-state index in [1.165, 1.54) is 6.07 Å². The Hall–Kier alpha value is -3.22. The van der Waals surface area contributed by atoms with Gasteiger partial charge >= 0.3 is 0 Å². The van der Waals surface area contributed by atoms with Crippen LogP contribution in [0.3, 0.4) is 0 Å². The number of halogens is 1. The third-order valence-corrected chi connectivity index (χ3v) is 5.51. The lowest BCUT2D eigenvalue weighted by Crippen LogP contribution is -2.27. The quantitative estimate of drug-likeness (QED) is 0.494. The van der Waals surface area contributed by atoms with Crippen LogP contribution in [-0.2, 0) is 0 Å². The molecule has 0 spiro atoms. The molecule has 7 heteroatoms. The van der Waals surface area contributed by atoms with Gasteiger partial charge in [0.15, 0.2) is 5.69 Å². The van der Waals surface area contributed by atoms with Crippen LogP contribution in [0.5, 0.6) is 0 Å². The number of carbonyl (C=O) groups is 1. The first-order valence-electron chi connectivity index (χ1n) is 8.84. The summed E-state index contributed by atoms with van der Waals surface area (Å²) in [7, 11) is 0. The number of aromatic nitrogens is 2. The lowest BCUT2D eigenvalue weighted by Gasteiger charge is -2.13. The van der Waals surface area contributed by atoms with Crippen LogP contribution in [0, 0.1) is 6.92 Å². The van der Waals surface area contributed by atoms with Crippen molar-refractivity contribution in [2.75, 3.05) is 5.32 Å². The summed E-state index contributed by atoms with van der Waals surface area (Å²) in [5.41, 5.74) is 2.24. The van der Waals surface area contributed by atoms with Crippen LogP contribution in [0.1, 0.15) is 16.2 Å². The molecule has 2 heterocycles. The summed E-state index contributed by atoms with van der Waals surface area (Å²) < 4.78 is 1.55. The standard InChI is InChI=1S/C22H16ClN3O2S/c1-14-13-19(27)21(25-26(14)16-10-8-15(23)9-11-16)22(28)24-18-6-3-2-5-17(18)20-7-4-12-29-20/h2-13H,1H3,(H,24,28). The number of rotatable bonds is 4. The molecule has 144 valence electrons. The smallest absolute Gasteiger partial charge is 0.280 e. The van der Waals surface area contributed by atoms with Gasteiger partial charge in [-0.05, 0) is 48.7 Å². The molecule has 4 rings (SSSR count). The predicted molar refractivity (Wildman–Crippen MR) is 117 cm³/mol. The number of nitrogens with zero attached hydrogens (tertiary/aromatic N) is 2. The van der Waals surface area contributed by atoms with E-state index in [4.69, 9.17) is 11.6 Å². The molecule has 1 amide bonds. The van der Waals surface area contributed by atoms with Crippen molar-refractivity contribution >= 4 is 34.5 Å². The Morgan fingerprint density at radius 1 is 1.07 bits per heavy atom. The van der Waals surface area contributed by atoms with Gasteiger partial charge in [-0.2, -0.15) is 5.10 Å². The van der Waals surface area contributed by atoms with Gasteiger partial charge in [-0.1, -0.05) is 35.9 Å². The predicted octanol–water partition coefficient (Wildman–Crippen LogP) is 5.18. The van der Waals surface area contributed by atoms with Gasteiger partial charge in [0.05, 0.1) is 5.69 Å². The average Bonchev–Trinajstić information content (AvgIpc) is 3.24. The van der Waals surface area contributed by atoms with Crippen LogP contribution in [0.25, 0.3) is 16.1 Å². The number of hydrogen-bond acceptors (Lipinski definition) is 4. The zero-order chi connectivity index (χ0) is 20.4. The van der Waals surface area contributed by atoms with E-state index in [-0.39, 0.29) is 5.69 Å². The van der Waals surface area contributed by atoms with E-state index >= 15 is 0 Å². The first-order chi connectivity index (χ1) is 14.0. The van der Waals surface area contributed by atoms with Gasteiger partial charge < -0.3 is 5.32 Å². The highest BCUT2D eigenvalue weighted by atomic mass is 35.5. The third-order valence-electron chi connectivity index (χ3n) is 4.36. The molecular formula is C22H16ClN3O2S. The molecule has 0 aliphatic carbocycles. The van der Waals surface area contributed by atoms with Crippen LogP contribution >= 0.6 is 22.9 Å². The molecule has 2 aromatic carbocycles. The number of aryl methyl sites for hydroxylation is 1. The van der Waals surface area contributed by atoms with Crippen molar-refractivity contribution in [1.82, 2.24) is 9.78 Å². The Morgan fingerprint density at radius 3 is 2.55 bits per heavy atom. The fourth-order valence-corrected chi connectivity index (χ4v) is 3.86. The molecule has 1 N–H and O–H groups in total. The van der Waals surface area contributed by atoms with Crippen molar-refractivity contribution in [2.24, 2.45) is 0 Å². The van der Waals surface area contributed by atoms with Gasteiger partial charge in [-0.15, -0.1) is 11.3 Å². The van der Waals surface area contributed by atoms with Crippen LogP contribution < -0.4 is 10.7 Å². The fourth-order valence-electron chi connectivity index (χ4n) is 2.97. The second kappa shape index (κ2) is 8.03. The minimum atomic E-state index is -0.554. The average molecular weight is 422 g/mol. The molecule has 29 heavy (non-hydrogen) atoms. The molecule has 0 fully saturated rings. The lowest BCUT2D eigenvalue weighted by atomic mass is 10.1. The van der Waals surface area contributed by atoms with Gasteiger partial charge in [0.1, 0.15) is 0 Å². The second-order valence-electron chi connectivity index (χ2n) is 6.36. The van der Waals surface area contributed by atoms with Crippen molar-refractivity contribution in [3.63, 3.8) is 0 Å². The summed E-state index contributed by atoms with van der Waals surface area (Å²) in [5, 5.41) is 9.71. The summed E-state index contributed by atoms with van der Waals surface area (Å²) in [6.45, 7) is 1.76. The van der Waals surface area contributed by atoms with E-state index in [0.717, 1.165) is 10.4 Å². The van der Waals surface area contributed by atoms with E-state index in [1.807, 2.05) is 35.7 Å². The summed E-state index contributed by atoms with van der Waals surface area (Å²) in [5.74, 6) is -0.554. The molecule has 4 aromatic rings. The maximum atomic E-state index is 12.9. The van der Waals surface area contributed by atoms with Gasteiger partial charge in [0, 0.05) is 32.9 Å². The largest absolute Gasteiger partial charge is 0.320 e. The zero-order valence-electron chi connectivity index (χ0n) is 15.4. The number of hydrogen-bond donors (Lipinski definition) is 1. The highest BCUT2D eigenvalue weighted by Crippen LogP contribution is 2.31. The number of para-hydroxylation sites is 1. The van der Waals surface area contributed by atoms with Crippen molar-refractivity contribution in [1.29, 1.82) is 0 Å². The third kappa shape index (κ3) is 3.99. The molecule has 0 atom stereocenters. The van der Waals surface area contributed by atoms with Crippen molar-refractivity contribution < 1.29 is 4.79 Å². The maximum Gasteiger partial charge on any atom is 0.280 e. The molecule has 0 saturated heterocycles. The van der Waals surface area contributed by atoms with Gasteiger partial charge in [0.25, 0.3) is 5.91 Å². The van der Waals surface area contributed by atoms with E-state index in [0.29, 0.717) is 22.1 Å². The summed E-state index contributed by atoms with van der Waals surface area (Å²) in [4.78, 5) is 26.4. The summed E-state index contributed by atoms with van der Waals surface area (Å²) in [6, 6.07) is 19.8. The van der Waals surface area contributed by atoms with Gasteiger partial charge in [-0.3, -0.25) is 9.59 Å². The van der Waals surface area contributed by atoms with Crippen LogP contribution in [0.2, 0.25) is 5.02 Å². The van der Waals surface area contributed by atoms with Crippen LogP contribution in [0.15, 0.2) is 76.9 Å². The van der Waals surface area contributed by atoms with Crippen molar-refractivity contribution in [2.45, 2.75) is 6.92 Å². The molecule has 0 bridgehead atoms. The molecule has 0 saturated carbocycles. The zero-order valence-corrected chi connectivity index (χ0v) is 17.0. The minimum absolute atomic E-state index is 0.175. The first kappa shape index (κ1) is 19.1. The van der Waals surface area contributed by atoms with E-state index in [1.54, 1.807) is 53.3 Å². The molecule has 5 nitrogen and oxygen atoms in total. The number of thiophene rings is 1. The van der Waals surface area contributed by atoms with Crippen molar-refractivity contribution in [3.8, 4) is 16.1 Å². The van der Waals surface area contributed by atoms with E-state index < -0.39 is 11.3 Å². The van der Waals surface area contributed by atoms with Gasteiger partial charge in [-0.25, -0.2) is 4.68 Å². The highest BCUT2D eigenvalue weighted by Gasteiger charge is 2.17. The first-order valence-corrected chi connectivity index (χ1v) is 10.1. The monoisotopic (exact) mass is 421 g/mol. The normalized spacial score (nSPS) is 10.7. The molecule has 0 radical (unpaired) electrons. The minimum Gasteiger partial charge on any atom is -0.320 e. The lowest BCUT2D eigenvalue weighted by molar-refractivity contribution is 0.101. The Morgan fingerprint density at radius 2 is 1.83 bits per heavy atom. The number of anilines is 1. The Labute approximate surface area is 176 Å². The highest BCUT2D eigenvalue weighted by molar-refractivity contribution is 7.13. The molecule has 2 aromatic heterocycles. The number of amides is 1. The number of carbonyl (C=O) groups excluding carboxylic acids is 1.